The van der Waals surface area contributed by atoms with Crippen LogP contribution in [0.2, 0.25) is 0 Å². The summed E-state index contributed by atoms with van der Waals surface area (Å²) in [5.41, 5.74) is 0.964. The Hall–Kier alpha value is -0.440. The molecule has 0 aliphatic carbocycles. The molecule has 1 saturated heterocycles. The van der Waals surface area contributed by atoms with Crippen molar-refractivity contribution >= 4 is 18.6 Å². The molecule has 0 spiro atoms. The fourth-order valence-corrected chi connectivity index (χ4v) is 1.34. The van der Waals surface area contributed by atoms with Crippen LogP contribution in [0, 0.1) is 5.92 Å². The molecule has 2 unspecified atom stereocenters. The van der Waals surface area contributed by atoms with Crippen LogP contribution in [0.4, 0.5) is 0 Å². The van der Waals surface area contributed by atoms with E-state index in [1.54, 1.807) is 0 Å². The van der Waals surface area contributed by atoms with Gasteiger partial charge in [0.05, 0.1) is 6.61 Å². The molecule has 2 atom stereocenters. The molecule has 0 saturated carbocycles. The first kappa shape index (κ1) is 7.66. The Morgan fingerprint density at radius 3 is 2.70 bits per heavy atom. The maximum Gasteiger partial charge on any atom is 0.319 e. The second-order valence-corrected chi connectivity index (χ2v) is 3.08. The zero-order valence-corrected chi connectivity index (χ0v) is 6.73. The number of carbonyl (C=O) groups excluding carboxylic acids is 1. The lowest BCUT2D eigenvalue weighted by atomic mass is 10.0. The van der Waals surface area contributed by atoms with Crippen molar-refractivity contribution in [3.63, 3.8) is 0 Å². The summed E-state index contributed by atoms with van der Waals surface area (Å²) in [6, 6.07) is 0. The lowest BCUT2D eigenvalue weighted by Gasteiger charge is -2.07. The van der Waals surface area contributed by atoms with Gasteiger partial charge in [-0.25, -0.2) is 0 Å². The smallest absolute Gasteiger partial charge is 0.319 e. The summed E-state index contributed by atoms with van der Waals surface area (Å²) in [4.78, 5) is 10.7. The van der Waals surface area contributed by atoms with Crippen LogP contribution in [0.5, 0.6) is 0 Å². The molecule has 1 heterocycles. The summed E-state index contributed by atoms with van der Waals surface area (Å²) in [6.45, 7) is 6.07. The second kappa shape index (κ2) is 2.66. The van der Waals surface area contributed by atoms with Crippen LogP contribution in [0.25, 0.3) is 0 Å². The van der Waals surface area contributed by atoms with Gasteiger partial charge in [0.1, 0.15) is 5.25 Å². The number of hydrogen-bond donors (Lipinski definition) is 1. The highest BCUT2D eigenvalue weighted by atomic mass is 32.1. The topological polar surface area (TPSA) is 26.3 Å². The van der Waals surface area contributed by atoms with E-state index in [2.05, 4.69) is 19.2 Å². The fourth-order valence-electron chi connectivity index (χ4n) is 0.924. The quantitative estimate of drug-likeness (QED) is 0.350. The summed E-state index contributed by atoms with van der Waals surface area (Å²) in [7, 11) is 0. The zero-order chi connectivity index (χ0) is 7.72. The summed E-state index contributed by atoms with van der Waals surface area (Å²) >= 11 is 4.09. The van der Waals surface area contributed by atoms with Crippen molar-refractivity contribution in [2.45, 2.75) is 12.2 Å². The Bertz CT molecular complexity index is 176. The molecule has 0 N–H and O–H groups in total. The van der Waals surface area contributed by atoms with Gasteiger partial charge in [-0.05, 0) is 6.92 Å². The largest absolute Gasteiger partial charge is 0.464 e. The van der Waals surface area contributed by atoms with E-state index in [-0.39, 0.29) is 17.1 Å². The van der Waals surface area contributed by atoms with E-state index in [9.17, 15) is 4.79 Å². The molecule has 1 fully saturated rings. The Morgan fingerprint density at radius 1 is 1.90 bits per heavy atom. The van der Waals surface area contributed by atoms with Crippen molar-refractivity contribution in [2.24, 2.45) is 5.92 Å². The first-order chi connectivity index (χ1) is 4.63. The number of ether oxygens (including phenoxy) is 1. The highest BCUT2D eigenvalue weighted by molar-refractivity contribution is 7.81. The SMILES string of the molecule is C=C(C)C1COC(=O)C1S. The molecule has 2 nitrogen and oxygen atoms in total. The minimum absolute atomic E-state index is 0.107. The van der Waals surface area contributed by atoms with E-state index in [0.717, 1.165) is 5.57 Å². The molecule has 0 aromatic heterocycles. The highest BCUT2D eigenvalue weighted by Gasteiger charge is 2.34. The summed E-state index contributed by atoms with van der Waals surface area (Å²) in [5, 5.41) is -0.294. The Balaban J connectivity index is 2.66. The van der Waals surface area contributed by atoms with Gasteiger partial charge in [-0.2, -0.15) is 12.6 Å². The molecule has 56 valence electrons. The third-order valence-electron chi connectivity index (χ3n) is 1.66. The summed E-state index contributed by atoms with van der Waals surface area (Å²) in [6.07, 6.45) is 0. The molecular weight excluding hydrogens is 148 g/mol. The zero-order valence-electron chi connectivity index (χ0n) is 5.83. The molecular formula is C7H10O2S. The standard InChI is InChI=1S/C7H10O2S/c1-4(2)5-3-9-7(8)6(5)10/h5-6,10H,1,3H2,2H3. The first-order valence-corrected chi connectivity index (χ1v) is 3.64. The van der Waals surface area contributed by atoms with Gasteiger partial charge >= 0.3 is 5.97 Å². The van der Waals surface area contributed by atoms with Crippen LogP contribution in [-0.2, 0) is 9.53 Å². The Morgan fingerprint density at radius 2 is 2.50 bits per heavy atom. The van der Waals surface area contributed by atoms with E-state index < -0.39 is 0 Å². The van der Waals surface area contributed by atoms with Crippen molar-refractivity contribution in [3.05, 3.63) is 12.2 Å². The van der Waals surface area contributed by atoms with Crippen LogP contribution in [0.3, 0.4) is 0 Å². The molecule has 0 amide bonds. The van der Waals surface area contributed by atoms with Crippen LogP contribution in [0.1, 0.15) is 6.92 Å². The summed E-state index contributed by atoms with van der Waals surface area (Å²) < 4.78 is 4.76. The highest BCUT2D eigenvalue weighted by Crippen LogP contribution is 2.25. The third kappa shape index (κ3) is 1.19. The number of carbonyl (C=O) groups is 1. The molecule has 1 rings (SSSR count). The van der Waals surface area contributed by atoms with Gasteiger partial charge in [-0.3, -0.25) is 4.79 Å². The lowest BCUT2D eigenvalue weighted by molar-refractivity contribution is -0.137. The van der Waals surface area contributed by atoms with Gasteiger partial charge in [0.15, 0.2) is 0 Å². The number of rotatable bonds is 1. The van der Waals surface area contributed by atoms with E-state index in [4.69, 9.17) is 4.74 Å². The normalized spacial score (nSPS) is 32.0. The van der Waals surface area contributed by atoms with E-state index in [1.807, 2.05) is 6.92 Å². The van der Waals surface area contributed by atoms with Gasteiger partial charge in [-0.15, -0.1) is 0 Å². The van der Waals surface area contributed by atoms with Gasteiger partial charge < -0.3 is 4.74 Å². The fraction of sp³-hybridized carbons (Fsp3) is 0.571. The Kier molecular flexibility index (Phi) is 2.04. The van der Waals surface area contributed by atoms with E-state index >= 15 is 0 Å². The van der Waals surface area contributed by atoms with Gasteiger partial charge in [-0.1, -0.05) is 12.2 Å². The number of hydrogen-bond acceptors (Lipinski definition) is 3. The number of cyclic esters (lactones) is 1. The molecule has 1 aliphatic heterocycles. The van der Waals surface area contributed by atoms with Crippen molar-refractivity contribution < 1.29 is 9.53 Å². The molecule has 0 radical (unpaired) electrons. The first-order valence-electron chi connectivity index (χ1n) is 3.13. The monoisotopic (exact) mass is 158 g/mol. The van der Waals surface area contributed by atoms with Crippen molar-refractivity contribution in [3.8, 4) is 0 Å². The minimum Gasteiger partial charge on any atom is -0.464 e. The predicted octanol–water partition coefficient (Wildman–Crippen LogP) is 1.03. The van der Waals surface area contributed by atoms with Crippen molar-refractivity contribution in [1.82, 2.24) is 0 Å². The second-order valence-electron chi connectivity index (χ2n) is 2.53. The Labute approximate surface area is 65.7 Å². The molecule has 3 heteroatoms. The lowest BCUT2D eigenvalue weighted by Crippen LogP contribution is -2.16. The molecule has 1 aliphatic rings. The van der Waals surface area contributed by atoms with Crippen LogP contribution >= 0.6 is 12.6 Å². The number of esters is 1. The van der Waals surface area contributed by atoms with E-state index in [1.165, 1.54) is 0 Å². The average molecular weight is 158 g/mol. The van der Waals surface area contributed by atoms with Crippen LogP contribution in [0.15, 0.2) is 12.2 Å². The average Bonchev–Trinajstić information content (AvgIpc) is 2.14. The predicted molar refractivity (Wildman–Crippen MR) is 42.0 cm³/mol. The molecule has 0 aromatic carbocycles. The van der Waals surface area contributed by atoms with E-state index in [0.29, 0.717) is 6.61 Å². The number of thiol groups is 1. The summed E-state index contributed by atoms with van der Waals surface area (Å²) in [5.74, 6) is -0.118. The maximum atomic E-state index is 10.7. The molecule has 10 heavy (non-hydrogen) atoms. The third-order valence-corrected chi connectivity index (χ3v) is 2.23. The van der Waals surface area contributed by atoms with Crippen molar-refractivity contribution in [2.75, 3.05) is 6.61 Å². The van der Waals surface area contributed by atoms with Crippen molar-refractivity contribution in [1.29, 1.82) is 0 Å². The van der Waals surface area contributed by atoms with Gasteiger partial charge in [0, 0.05) is 5.92 Å². The van der Waals surface area contributed by atoms with Crippen LogP contribution in [-0.4, -0.2) is 17.8 Å². The molecule has 0 aromatic rings. The maximum absolute atomic E-state index is 10.7. The van der Waals surface area contributed by atoms with Gasteiger partial charge in [0.25, 0.3) is 0 Å². The minimum atomic E-state index is -0.294. The van der Waals surface area contributed by atoms with Crippen LogP contribution < -0.4 is 0 Å². The van der Waals surface area contributed by atoms with Gasteiger partial charge in [0.2, 0.25) is 0 Å². The molecule has 0 bridgehead atoms.